The molecule has 6 nitrogen and oxygen atoms in total. The van der Waals surface area contributed by atoms with E-state index in [1.807, 2.05) is 0 Å². The van der Waals surface area contributed by atoms with Crippen LogP contribution >= 0.6 is 0 Å². The molecule has 0 aromatic rings. The number of carbonyl (C=O) groups is 1. The van der Waals surface area contributed by atoms with Crippen molar-refractivity contribution in [3.63, 3.8) is 0 Å². The van der Waals surface area contributed by atoms with E-state index in [0.29, 0.717) is 19.3 Å². The first-order valence-electron chi connectivity index (χ1n) is 9.26. The van der Waals surface area contributed by atoms with E-state index in [2.05, 4.69) is 6.58 Å². The number of Topliss-reactive ketones (excluding diaryl/α,β-unsaturated/α-hetero) is 1. The average molecular weight is 364 g/mol. The van der Waals surface area contributed by atoms with Crippen molar-refractivity contribution in [2.45, 2.75) is 69.5 Å². The monoisotopic (exact) mass is 364 g/mol. The van der Waals surface area contributed by atoms with Crippen LogP contribution in [0.3, 0.4) is 0 Å². The van der Waals surface area contributed by atoms with Gasteiger partial charge in [-0.25, -0.2) is 0 Å². The average Bonchev–Trinajstić information content (AvgIpc) is 2.79. The maximum absolute atomic E-state index is 13.3. The Morgan fingerprint density at radius 1 is 1.23 bits per heavy atom. The van der Waals surface area contributed by atoms with E-state index in [9.17, 15) is 25.2 Å². The van der Waals surface area contributed by atoms with Gasteiger partial charge in [-0.1, -0.05) is 39.3 Å². The number of rotatable bonds is 1. The van der Waals surface area contributed by atoms with Crippen molar-refractivity contribution in [2.24, 2.45) is 16.2 Å². The summed E-state index contributed by atoms with van der Waals surface area (Å²) in [6.45, 7) is 8.93. The minimum atomic E-state index is -2.44. The van der Waals surface area contributed by atoms with Crippen molar-refractivity contribution in [1.29, 1.82) is 0 Å². The van der Waals surface area contributed by atoms with Gasteiger partial charge in [0.15, 0.2) is 0 Å². The standard InChI is InChI=1S/C20H28O6/c1-5-16(4)9-12-14(22)19(24)20(25)15(2,3)7-6-8-17(20,11-26-19)18(12,23)13(21)10-16/h5,9,13,21,23-25H,1,6-8,10-11H2,2-4H3/t13-,16-,17?,18+,19+,20-/m1/s1. The number of aliphatic hydroxyl groups excluding tert-OH is 1. The highest BCUT2D eigenvalue weighted by atomic mass is 16.7. The molecule has 1 heterocycles. The Labute approximate surface area is 153 Å². The maximum atomic E-state index is 13.3. The van der Waals surface area contributed by atoms with Gasteiger partial charge >= 0.3 is 0 Å². The number of aliphatic hydroxyl groups is 4. The van der Waals surface area contributed by atoms with Crippen LogP contribution in [-0.2, 0) is 9.53 Å². The molecule has 1 saturated heterocycles. The summed E-state index contributed by atoms with van der Waals surface area (Å²) in [7, 11) is 0. The van der Waals surface area contributed by atoms with Gasteiger partial charge in [-0.3, -0.25) is 4.79 Å². The molecule has 1 unspecified atom stereocenters. The van der Waals surface area contributed by atoms with Gasteiger partial charge in [0.2, 0.25) is 5.78 Å². The number of hydrogen-bond acceptors (Lipinski definition) is 6. The van der Waals surface area contributed by atoms with Crippen LogP contribution in [0.25, 0.3) is 0 Å². The Balaban J connectivity index is 2.07. The van der Waals surface area contributed by atoms with Gasteiger partial charge in [-0.15, -0.1) is 6.58 Å². The predicted octanol–water partition coefficient (Wildman–Crippen LogP) is 0.830. The third kappa shape index (κ3) is 1.53. The van der Waals surface area contributed by atoms with Crippen LogP contribution in [0.4, 0.5) is 0 Å². The van der Waals surface area contributed by atoms with Gasteiger partial charge in [-0.2, -0.15) is 0 Å². The Morgan fingerprint density at radius 3 is 2.50 bits per heavy atom. The molecule has 3 fully saturated rings. The van der Waals surface area contributed by atoms with Crippen molar-refractivity contribution in [1.82, 2.24) is 0 Å². The summed E-state index contributed by atoms with van der Waals surface area (Å²) in [5.74, 6) is -3.30. The molecule has 6 atom stereocenters. The summed E-state index contributed by atoms with van der Waals surface area (Å²) in [5.41, 5.74) is -7.01. The van der Waals surface area contributed by atoms with Gasteiger partial charge in [0.1, 0.15) is 11.2 Å². The lowest BCUT2D eigenvalue weighted by Crippen LogP contribution is -2.83. The summed E-state index contributed by atoms with van der Waals surface area (Å²) in [4.78, 5) is 13.3. The highest BCUT2D eigenvalue weighted by molar-refractivity contribution is 6.06. The van der Waals surface area contributed by atoms with E-state index in [4.69, 9.17) is 4.74 Å². The quantitative estimate of drug-likeness (QED) is 0.514. The van der Waals surface area contributed by atoms with Gasteiger partial charge < -0.3 is 25.2 Å². The Hall–Kier alpha value is -1.05. The minimum Gasteiger partial charge on any atom is -0.390 e. The molecule has 2 bridgehead atoms. The molecule has 0 spiro atoms. The summed E-state index contributed by atoms with van der Waals surface area (Å²) in [5, 5.41) is 46.0. The number of ether oxygens (including phenoxy) is 1. The second kappa shape index (κ2) is 4.67. The molecule has 0 aromatic carbocycles. The zero-order valence-corrected chi connectivity index (χ0v) is 15.6. The number of ketones is 1. The first-order valence-corrected chi connectivity index (χ1v) is 9.26. The third-order valence-electron chi connectivity index (χ3n) is 7.84. The van der Waals surface area contributed by atoms with Crippen LogP contribution in [0.1, 0.15) is 46.5 Å². The van der Waals surface area contributed by atoms with Crippen molar-refractivity contribution in [2.75, 3.05) is 6.61 Å². The lowest BCUT2D eigenvalue weighted by Gasteiger charge is -2.66. The predicted molar refractivity (Wildman–Crippen MR) is 92.9 cm³/mol. The third-order valence-corrected chi connectivity index (χ3v) is 7.84. The molecule has 4 N–H and O–H groups in total. The van der Waals surface area contributed by atoms with Crippen molar-refractivity contribution >= 4 is 5.78 Å². The smallest absolute Gasteiger partial charge is 0.262 e. The summed E-state index contributed by atoms with van der Waals surface area (Å²) in [6.07, 6.45) is 3.67. The Bertz CT molecular complexity index is 743. The maximum Gasteiger partial charge on any atom is 0.262 e. The lowest BCUT2D eigenvalue weighted by atomic mass is 9.39. The van der Waals surface area contributed by atoms with E-state index in [-0.39, 0.29) is 18.6 Å². The number of fused-ring (bicyclic) bond motifs is 1. The fourth-order valence-corrected chi connectivity index (χ4v) is 6.32. The zero-order chi connectivity index (χ0) is 19.4. The summed E-state index contributed by atoms with van der Waals surface area (Å²) in [6, 6.07) is 0. The van der Waals surface area contributed by atoms with Gasteiger partial charge in [-0.05, 0) is 19.3 Å². The molecule has 4 aliphatic rings. The van der Waals surface area contributed by atoms with Crippen molar-refractivity contribution < 1.29 is 30.0 Å². The summed E-state index contributed by atoms with van der Waals surface area (Å²) < 4.78 is 5.58. The van der Waals surface area contributed by atoms with Crippen LogP contribution in [0, 0.1) is 16.2 Å². The van der Waals surface area contributed by atoms with Gasteiger partial charge in [0, 0.05) is 16.4 Å². The normalized spacial score (nSPS) is 55.0. The summed E-state index contributed by atoms with van der Waals surface area (Å²) >= 11 is 0. The fourth-order valence-electron chi connectivity index (χ4n) is 6.32. The van der Waals surface area contributed by atoms with E-state index in [1.165, 1.54) is 0 Å². The fraction of sp³-hybridized carbons (Fsp3) is 0.750. The molecule has 1 aliphatic heterocycles. The van der Waals surface area contributed by atoms with Crippen LogP contribution < -0.4 is 0 Å². The number of carbonyl (C=O) groups excluding carboxylic acids is 1. The number of hydrogen-bond donors (Lipinski definition) is 4. The Morgan fingerprint density at radius 2 is 1.88 bits per heavy atom. The molecule has 2 saturated carbocycles. The highest BCUT2D eigenvalue weighted by Crippen LogP contribution is 2.72. The van der Waals surface area contributed by atoms with E-state index in [0.717, 1.165) is 0 Å². The first kappa shape index (κ1) is 18.3. The van der Waals surface area contributed by atoms with E-state index in [1.54, 1.807) is 32.9 Å². The van der Waals surface area contributed by atoms with Crippen LogP contribution in [0.2, 0.25) is 0 Å². The van der Waals surface area contributed by atoms with Crippen molar-refractivity contribution in [3.05, 3.63) is 24.3 Å². The number of allylic oxidation sites excluding steroid dienone is 2. The lowest BCUT2D eigenvalue weighted by molar-refractivity contribution is -0.327. The molecule has 6 heteroatoms. The highest BCUT2D eigenvalue weighted by Gasteiger charge is 2.88. The Kier molecular flexibility index (Phi) is 3.29. The van der Waals surface area contributed by atoms with E-state index < -0.39 is 45.1 Å². The zero-order valence-electron chi connectivity index (χ0n) is 15.6. The molecule has 144 valence electrons. The molecule has 4 rings (SSSR count). The molecular formula is C20H28O6. The van der Waals surface area contributed by atoms with Gasteiger partial charge in [0.25, 0.3) is 5.79 Å². The van der Waals surface area contributed by atoms with Crippen LogP contribution in [0.15, 0.2) is 24.3 Å². The molecule has 0 aromatic heterocycles. The molecule has 3 aliphatic carbocycles. The SMILES string of the molecule is C=C[C@]1(C)C=C2C(=O)[C@]3(O)OCC4(CCCC(C)(C)[C@@]43O)[C@@]2(O)[C@H](O)C1. The molecule has 0 amide bonds. The second-order valence-corrected chi connectivity index (χ2v) is 9.55. The molecular weight excluding hydrogens is 336 g/mol. The minimum absolute atomic E-state index is 0.0685. The van der Waals surface area contributed by atoms with E-state index >= 15 is 0 Å². The van der Waals surface area contributed by atoms with Crippen LogP contribution in [-0.4, -0.2) is 55.9 Å². The van der Waals surface area contributed by atoms with Gasteiger partial charge in [0.05, 0.1) is 18.1 Å². The second-order valence-electron chi connectivity index (χ2n) is 9.55. The molecule has 26 heavy (non-hydrogen) atoms. The van der Waals surface area contributed by atoms with Crippen molar-refractivity contribution in [3.8, 4) is 0 Å². The van der Waals surface area contributed by atoms with Crippen LogP contribution in [0.5, 0.6) is 0 Å². The molecule has 0 radical (unpaired) electrons. The first-order chi connectivity index (χ1) is 11.9. The largest absolute Gasteiger partial charge is 0.390 e. The topological polar surface area (TPSA) is 107 Å².